The number of aromatic nitrogens is 2. The van der Waals surface area contributed by atoms with Crippen LogP contribution in [0.15, 0.2) is 24.3 Å². The predicted octanol–water partition coefficient (Wildman–Crippen LogP) is 3.68. The van der Waals surface area contributed by atoms with Gasteiger partial charge in [0.2, 0.25) is 11.0 Å². The van der Waals surface area contributed by atoms with E-state index in [0.717, 1.165) is 41.9 Å². The first-order valence-electron chi connectivity index (χ1n) is 9.31. The monoisotopic (exact) mass is 387 g/mol. The zero-order valence-corrected chi connectivity index (χ0v) is 16.5. The minimum absolute atomic E-state index is 0.0951. The molecule has 2 heterocycles. The molecule has 1 aliphatic rings. The highest BCUT2D eigenvalue weighted by Crippen LogP contribution is 2.22. The number of benzene rings is 1. The van der Waals surface area contributed by atoms with Crippen LogP contribution < -0.4 is 10.6 Å². The molecular weight excluding hydrogens is 362 g/mol. The second-order valence-electron chi connectivity index (χ2n) is 6.83. The lowest BCUT2D eigenvalue weighted by atomic mass is 9.97. The summed E-state index contributed by atoms with van der Waals surface area (Å²) in [7, 11) is 0. The first-order chi connectivity index (χ1) is 13.0. The Hall–Kier alpha value is -2.48. The summed E-state index contributed by atoms with van der Waals surface area (Å²) in [6.45, 7) is 5.12. The largest absolute Gasteiger partial charge is 0.324 e. The van der Waals surface area contributed by atoms with Crippen LogP contribution in [-0.4, -0.2) is 40.1 Å². The Bertz CT molecular complexity index is 807. The zero-order chi connectivity index (χ0) is 19.2. The van der Waals surface area contributed by atoms with Crippen molar-refractivity contribution in [3.05, 3.63) is 34.8 Å². The molecule has 7 nitrogen and oxygen atoms in total. The molecule has 1 unspecified atom stereocenters. The molecule has 1 aliphatic heterocycles. The highest BCUT2D eigenvalue weighted by molar-refractivity contribution is 7.15. The molecular formula is C19H25N5O2S. The summed E-state index contributed by atoms with van der Waals surface area (Å²) in [4.78, 5) is 26.8. The van der Waals surface area contributed by atoms with Gasteiger partial charge >= 0.3 is 6.03 Å². The number of urea groups is 1. The highest BCUT2D eigenvalue weighted by atomic mass is 32.1. The molecule has 8 heteroatoms. The Morgan fingerprint density at radius 1 is 1.30 bits per heavy atom. The van der Waals surface area contributed by atoms with E-state index < -0.39 is 0 Å². The van der Waals surface area contributed by atoms with Crippen LogP contribution in [0.4, 0.5) is 15.6 Å². The van der Waals surface area contributed by atoms with Gasteiger partial charge in [-0.3, -0.25) is 4.79 Å². The second-order valence-corrected chi connectivity index (χ2v) is 7.89. The number of carbonyl (C=O) groups is 2. The standard InChI is InChI=1S/C19H25N5O2S/c1-3-6-16-22-23-18(27-16)21-17(25)14-8-5-10-24(12-14)19(26)20-15-9-4-7-13(2)11-15/h4,7,9,11,14H,3,5-6,8,10,12H2,1-2H3,(H,20,26)(H,21,23,25). The fraction of sp³-hybridized carbons (Fsp3) is 0.474. The van der Waals surface area contributed by atoms with Crippen molar-refractivity contribution >= 4 is 34.1 Å². The average molecular weight is 388 g/mol. The van der Waals surface area contributed by atoms with Gasteiger partial charge in [0.1, 0.15) is 5.01 Å². The Morgan fingerprint density at radius 2 is 2.15 bits per heavy atom. The minimum Gasteiger partial charge on any atom is -0.324 e. The molecule has 0 aliphatic carbocycles. The molecule has 1 aromatic heterocycles. The molecule has 0 saturated carbocycles. The predicted molar refractivity (Wildman–Crippen MR) is 107 cm³/mol. The number of nitrogens with zero attached hydrogens (tertiary/aromatic N) is 3. The van der Waals surface area contributed by atoms with Gasteiger partial charge in [0.25, 0.3) is 0 Å². The number of rotatable bonds is 5. The van der Waals surface area contributed by atoms with Crippen molar-refractivity contribution in [1.29, 1.82) is 0 Å². The second kappa shape index (κ2) is 8.94. The topological polar surface area (TPSA) is 87.2 Å². The smallest absolute Gasteiger partial charge is 0.321 e. The lowest BCUT2D eigenvalue weighted by Gasteiger charge is -2.31. The number of nitrogens with one attached hydrogen (secondary N) is 2. The van der Waals surface area contributed by atoms with Gasteiger partial charge in [0, 0.05) is 25.2 Å². The van der Waals surface area contributed by atoms with E-state index in [9.17, 15) is 9.59 Å². The third-order valence-corrected chi connectivity index (χ3v) is 5.41. The summed E-state index contributed by atoms with van der Waals surface area (Å²) in [5.41, 5.74) is 1.85. The number of piperidine rings is 1. The summed E-state index contributed by atoms with van der Waals surface area (Å²) < 4.78 is 0. The molecule has 144 valence electrons. The van der Waals surface area contributed by atoms with Gasteiger partial charge < -0.3 is 15.5 Å². The summed E-state index contributed by atoms with van der Waals surface area (Å²) in [5, 5.41) is 15.3. The number of anilines is 2. The maximum absolute atomic E-state index is 12.6. The third-order valence-electron chi connectivity index (χ3n) is 4.51. The lowest BCUT2D eigenvalue weighted by molar-refractivity contribution is -0.121. The molecule has 0 spiro atoms. The van der Waals surface area contributed by atoms with Crippen LogP contribution in [0, 0.1) is 12.8 Å². The molecule has 1 fully saturated rings. The maximum Gasteiger partial charge on any atom is 0.321 e. The minimum atomic E-state index is -0.236. The molecule has 1 saturated heterocycles. The molecule has 0 bridgehead atoms. The van der Waals surface area contributed by atoms with Gasteiger partial charge in [-0.05, 0) is 43.9 Å². The van der Waals surface area contributed by atoms with E-state index in [-0.39, 0.29) is 17.9 Å². The van der Waals surface area contributed by atoms with Crippen LogP contribution in [-0.2, 0) is 11.2 Å². The Labute approximate surface area is 163 Å². The van der Waals surface area contributed by atoms with Gasteiger partial charge in [-0.2, -0.15) is 0 Å². The van der Waals surface area contributed by atoms with E-state index in [0.29, 0.717) is 18.2 Å². The summed E-state index contributed by atoms with van der Waals surface area (Å²) >= 11 is 1.41. The van der Waals surface area contributed by atoms with Gasteiger partial charge in [0.05, 0.1) is 5.92 Å². The van der Waals surface area contributed by atoms with Gasteiger partial charge in [-0.15, -0.1) is 10.2 Å². The van der Waals surface area contributed by atoms with Crippen LogP contribution >= 0.6 is 11.3 Å². The first kappa shape index (κ1) is 19.3. The SMILES string of the molecule is CCCc1nnc(NC(=O)C2CCCN(C(=O)Nc3cccc(C)c3)C2)s1. The van der Waals surface area contributed by atoms with Crippen LogP contribution in [0.2, 0.25) is 0 Å². The number of likely N-dealkylation sites (tertiary alicyclic amines) is 1. The number of amides is 3. The van der Waals surface area contributed by atoms with Crippen molar-refractivity contribution in [3.63, 3.8) is 0 Å². The average Bonchev–Trinajstić information content (AvgIpc) is 3.09. The van der Waals surface area contributed by atoms with Crippen LogP contribution in [0.25, 0.3) is 0 Å². The number of hydrogen-bond donors (Lipinski definition) is 2. The van der Waals surface area contributed by atoms with Crippen molar-refractivity contribution in [2.75, 3.05) is 23.7 Å². The van der Waals surface area contributed by atoms with Crippen LogP contribution in [0.3, 0.4) is 0 Å². The molecule has 3 amide bonds. The van der Waals surface area contributed by atoms with E-state index in [2.05, 4.69) is 27.8 Å². The van der Waals surface area contributed by atoms with Crippen molar-refractivity contribution in [3.8, 4) is 0 Å². The normalized spacial score (nSPS) is 16.8. The van der Waals surface area contributed by atoms with E-state index in [1.54, 1.807) is 4.90 Å². The van der Waals surface area contributed by atoms with Crippen molar-refractivity contribution < 1.29 is 9.59 Å². The molecule has 27 heavy (non-hydrogen) atoms. The summed E-state index contributed by atoms with van der Waals surface area (Å²) in [6, 6.07) is 7.51. The van der Waals surface area contributed by atoms with Crippen LogP contribution in [0.1, 0.15) is 36.8 Å². The molecule has 1 atom stereocenters. The van der Waals surface area contributed by atoms with Crippen molar-refractivity contribution in [2.24, 2.45) is 5.92 Å². The van der Waals surface area contributed by atoms with Crippen molar-refractivity contribution in [1.82, 2.24) is 15.1 Å². The Kier molecular flexibility index (Phi) is 6.39. The lowest BCUT2D eigenvalue weighted by Crippen LogP contribution is -2.45. The van der Waals surface area contributed by atoms with Gasteiger partial charge in [-0.1, -0.05) is 30.4 Å². The van der Waals surface area contributed by atoms with E-state index >= 15 is 0 Å². The number of hydrogen-bond acceptors (Lipinski definition) is 5. The first-order valence-corrected chi connectivity index (χ1v) is 10.1. The maximum atomic E-state index is 12.6. The zero-order valence-electron chi connectivity index (χ0n) is 15.7. The third kappa shape index (κ3) is 5.26. The summed E-state index contributed by atoms with van der Waals surface area (Å²) in [5.74, 6) is -0.331. The fourth-order valence-electron chi connectivity index (χ4n) is 3.13. The van der Waals surface area contributed by atoms with Gasteiger partial charge in [0.15, 0.2) is 0 Å². The van der Waals surface area contributed by atoms with Gasteiger partial charge in [-0.25, -0.2) is 4.79 Å². The quantitative estimate of drug-likeness (QED) is 0.819. The fourth-order valence-corrected chi connectivity index (χ4v) is 3.97. The Balaban J connectivity index is 1.56. The molecule has 0 radical (unpaired) electrons. The van der Waals surface area contributed by atoms with E-state index in [4.69, 9.17) is 0 Å². The Morgan fingerprint density at radius 3 is 2.93 bits per heavy atom. The van der Waals surface area contributed by atoms with E-state index in [1.807, 2.05) is 31.2 Å². The highest BCUT2D eigenvalue weighted by Gasteiger charge is 2.29. The number of carbonyl (C=O) groups excluding carboxylic acids is 2. The molecule has 3 rings (SSSR count). The molecule has 1 aromatic carbocycles. The molecule has 2 aromatic rings. The van der Waals surface area contributed by atoms with Crippen molar-refractivity contribution in [2.45, 2.75) is 39.5 Å². The van der Waals surface area contributed by atoms with E-state index in [1.165, 1.54) is 11.3 Å². The molecule has 2 N–H and O–H groups in total. The summed E-state index contributed by atoms with van der Waals surface area (Å²) in [6.07, 6.45) is 3.43. The number of aryl methyl sites for hydroxylation is 2. The van der Waals surface area contributed by atoms with Crippen LogP contribution in [0.5, 0.6) is 0 Å².